The first-order chi connectivity index (χ1) is 14.6. The maximum Gasteiger partial charge on any atom is 0.264 e. The van der Waals surface area contributed by atoms with Crippen molar-refractivity contribution >= 4 is 27.6 Å². The van der Waals surface area contributed by atoms with Gasteiger partial charge in [-0.3, -0.25) is 4.79 Å². The molecule has 0 aliphatic heterocycles. The molecule has 0 saturated carbocycles. The molecule has 9 heteroatoms. The second-order valence-corrected chi connectivity index (χ2v) is 8.95. The summed E-state index contributed by atoms with van der Waals surface area (Å²) in [5.41, 5.74) is 3.87. The highest BCUT2D eigenvalue weighted by Gasteiger charge is 2.16. The van der Waals surface area contributed by atoms with Crippen molar-refractivity contribution in [3.63, 3.8) is 0 Å². The number of hydrogen-bond donors (Lipinski definition) is 2. The summed E-state index contributed by atoms with van der Waals surface area (Å²) in [5.74, 6) is 0.281. The van der Waals surface area contributed by atoms with Crippen LogP contribution in [0.4, 0.5) is 11.6 Å². The molecule has 0 bridgehead atoms. The average Bonchev–Trinajstić information content (AvgIpc) is 2.65. The SMILES string of the molecule is Cc1cc(C)cc(OCC(=O)Nc2ccc(S(=O)(=O)Nc3nc(C)cc(C)n3)cc2)c1. The molecule has 0 atom stereocenters. The maximum absolute atomic E-state index is 12.6. The predicted octanol–water partition coefficient (Wildman–Crippen LogP) is 3.53. The Morgan fingerprint density at radius 2 is 1.48 bits per heavy atom. The number of hydrogen-bond acceptors (Lipinski definition) is 6. The zero-order valence-electron chi connectivity index (χ0n) is 17.8. The van der Waals surface area contributed by atoms with E-state index in [2.05, 4.69) is 20.0 Å². The normalized spacial score (nSPS) is 11.1. The fraction of sp³-hybridized carbons (Fsp3) is 0.227. The number of carbonyl (C=O) groups is 1. The van der Waals surface area contributed by atoms with E-state index in [-0.39, 0.29) is 23.4 Å². The molecule has 0 unspecified atom stereocenters. The van der Waals surface area contributed by atoms with E-state index in [1.807, 2.05) is 32.0 Å². The number of ether oxygens (including phenoxy) is 1. The largest absolute Gasteiger partial charge is 0.484 e. The fourth-order valence-corrected chi connectivity index (χ4v) is 3.97. The fourth-order valence-electron chi connectivity index (χ4n) is 3.03. The number of aromatic nitrogens is 2. The zero-order chi connectivity index (χ0) is 22.6. The molecule has 0 aliphatic rings. The Kier molecular flexibility index (Phi) is 6.55. The van der Waals surface area contributed by atoms with Crippen molar-refractivity contribution in [2.75, 3.05) is 16.6 Å². The first kappa shape index (κ1) is 22.2. The molecule has 0 spiro atoms. The van der Waals surface area contributed by atoms with Crippen LogP contribution in [-0.4, -0.2) is 30.9 Å². The Morgan fingerprint density at radius 3 is 2.06 bits per heavy atom. The molecular formula is C22H24N4O4S. The topological polar surface area (TPSA) is 110 Å². The first-order valence-electron chi connectivity index (χ1n) is 9.57. The van der Waals surface area contributed by atoms with E-state index < -0.39 is 10.0 Å². The van der Waals surface area contributed by atoms with E-state index in [4.69, 9.17) is 4.74 Å². The molecule has 0 aliphatic carbocycles. The van der Waals surface area contributed by atoms with Gasteiger partial charge in [0.15, 0.2) is 6.61 Å². The minimum atomic E-state index is -3.86. The molecule has 0 saturated heterocycles. The van der Waals surface area contributed by atoms with Gasteiger partial charge in [-0.15, -0.1) is 0 Å². The summed E-state index contributed by atoms with van der Waals surface area (Å²) in [6, 6.07) is 13.3. The molecule has 1 aromatic heterocycles. The highest BCUT2D eigenvalue weighted by molar-refractivity contribution is 7.92. The van der Waals surface area contributed by atoms with Gasteiger partial charge in [0.25, 0.3) is 15.9 Å². The van der Waals surface area contributed by atoms with Crippen molar-refractivity contribution in [3.05, 3.63) is 71.0 Å². The van der Waals surface area contributed by atoms with Crippen LogP contribution in [0.5, 0.6) is 5.75 Å². The van der Waals surface area contributed by atoms with Crippen LogP contribution in [0.3, 0.4) is 0 Å². The Hall–Kier alpha value is -3.46. The Balaban J connectivity index is 1.61. The first-order valence-corrected chi connectivity index (χ1v) is 11.1. The van der Waals surface area contributed by atoms with Crippen LogP contribution >= 0.6 is 0 Å². The molecule has 3 rings (SSSR count). The van der Waals surface area contributed by atoms with Crippen LogP contribution < -0.4 is 14.8 Å². The minimum Gasteiger partial charge on any atom is -0.484 e. The van der Waals surface area contributed by atoms with Gasteiger partial charge in [-0.25, -0.2) is 23.1 Å². The molecule has 8 nitrogen and oxygen atoms in total. The molecule has 0 fully saturated rings. The highest BCUT2D eigenvalue weighted by Crippen LogP contribution is 2.18. The van der Waals surface area contributed by atoms with Crippen molar-refractivity contribution in [1.29, 1.82) is 0 Å². The van der Waals surface area contributed by atoms with E-state index >= 15 is 0 Å². The summed E-state index contributed by atoms with van der Waals surface area (Å²) in [6.07, 6.45) is 0. The number of anilines is 2. The molecule has 2 N–H and O–H groups in total. The number of sulfonamides is 1. The predicted molar refractivity (Wildman–Crippen MR) is 119 cm³/mol. The molecule has 1 heterocycles. The summed E-state index contributed by atoms with van der Waals surface area (Å²) in [6.45, 7) is 7.27. The van der Waals surface area contributed by atoms with Crippen molar-refractivity contribution < 1.29 is 17.9 Å². The number of rotatable bonds is 7. The number of nitrogens with one attached hydrogen (secondary N) is 2. The lowest BCUT2D eigenvalue weighted by Crippen LogP contribution is -2.20. The van der Waals surface area contributed by atoms with Gasteiger partial charge < -0.3 is 10.1 Å². The van der Waals surface area contributed by atoms with Crippen molar-refractivity contribution in [1.82, 2.24) is 9.97 Å². The standard InChI is InChI=1S/C22H24N4O4S/c1-14-9-15(2)11-19(10-14)30-13-21(27)25-18-5-7-20(8-6-18)31(28,29)26-22-23-16(3)12-17(4)24-22/h5-12H,13H2,1-4H3,(H,25,27)(H,23,24,26). The molecule has 2 aromatic carbocycles. The van der Waals surface area contributed by atoms with Crippen LogP contribution in [0.15, 0.2) is 53.4 Å². The van der Waals surface area contributed by atoms with Gasteiger partial charge in [0.05, 0.1) is 4.90 Å². The molecule has 1 amide bonds. The molecule has 162 valence electrons. The van der Waals surface area contributed by atoms with Crippen molar-refractivity contribution in [3.8, 4) is 5.75 Å². The smallest absolute Gasteiger partial charge is 0.264 e. The van der Waals surface area contributed by atoms with E-state index in [1.54, 1.807) is 19.9 Å². The van der Waals surface area contributed by atoms with Crippen molar-refractivity contribution in [2.24, 2.45) is 0 Å². The lowest BCUT2D eigenvalue weighted by molar-refractivity contribution is -0.118. The van der Waals surface area contributed by atoms with Gasteiger partial charge in [-0.1, -0.05) is 6.07 Å². The third kappa shape index (κ3) is 6.26. The number of amides is 1. The number of benzene rings is 2. The van der Waals surface area contributed by atoms with Crippen LogP contribution in [0, 0.1) is 27.7 Å². The summed E-state index contributed by atoms with van der Waals surface area (Å²) >= 11 is 0. The van der Waals surface area contributed by atoms with Crippen LogP contribution in [0.25, 0.3) is 0 Å². The molecule has 3 aromatic rings. The highest BCUT2D eigenvalue weighted by atomic mass is 32.2. The van der Waals surface area contributed by atoms with Crippen molar-refractivity contribution in [2.45, 2.75) is 32.6 Å². The van der Waals surface area contributed by atoms with Gasteiger partial charge in [-0.05, 0) is 81.3 Å². The van der Waals surface area contributed by atoms with Gasteiger partial charge in [0.2, 0.25) is 5.95 Å². The van der Waals surface area contributed by atoms with E-state index in [9.17, 15) is 13.2 Å². The Labute approximate surface area is 181 Å². The van der Waals surface area contributed by atoms with E-state index in [0.717, 1.165) is 11.1 Å². The van der Waals surface area contributed by atoms with E-state index in [1.165, 1.54) is 24.3 Å². The van der Waals surface area contributed by atoms with Crippen LogP contribution in [-0.2, 0) is 14.8 Å². The number of nitrogens with zero attached hydrogens (tertiary/aromatic N) is 2. The lowest BCUT2D eigenvalue weighted by atomic mass is 10.1. The summed E-state index contributed by atoms with van der Waals surface area (Å²) in [5, 5.41) is 2.68. The summed E-state index contributed by atoms with van der Waals surface area (Å²) in [7, 11) is -3.86. The molecular weight excluding hydrogens is 416 g/mol. The van der Waals surface area contributed by atoms with Crippen LogP contribution in [0.2, 0.25) is 0 Å². The zero-order valence-corrected chi connectivity index (χ0v) is 18.6. The summed E-state index contributed by atoms with van der Waals surface area (Å²) < 4.78 is 33.0. The lowest BCUT2D eigenvalue weighted by Gasteiger charge is -2.10. The molecule has 31 heavy (non-hydrogen) atoms. The average molecular weight is 441 g/mol. The van der Waals surface area contributed by atoms with Crippen LogP contribution in [0.1, 0.15) is 22.5 Å². The number of aryl methyl sites for hydroxylation is 4. The summed E-state index contributed by atoms with van der Waals surface area (Å²) in [4.78, 5) is 20.4. The second-order valence-electron chi connectivity index (χ2n) is 7.26. The third-order valence-corrected chi connectivity index (χ3v) is 5.57. The van der Waals surface area contributed by atoms with Gasteiger partial charge in [0.1, 0.15) is 5.75 Å². The van der Waals surface area contributed by atoms with Gasteiger partial charge in [-0.2, -0.15) is 0 Å². The van der Waals surface area contributed by atoms with Gasteiger partial charge >= 0.3 is 0 Å². The molecule has 0 radical (unpaired) electrons. The monoisotopic (exact) mass is 440 g/mol. The Morgan fingerprint density at radius 1 is 0.903 bits per heavy atom. The third-order valence-electron chi connectivity index (χ3n) is 4.22. The number of carbonyl (C=O) groups excluding carboxylic acids is 1. The maximum atomic E-state index is 12.6. The van der Waals surface area contributed by atoms with Gasteiger partial charge in [0, 0.05) is 17.1 Å². The minimum absolute atomic E-state index is 0.0124. The van der Waals surface area contributed by atoms with E-state index in [0.29, 0.717) is 22.8 Å². The Bertz CT molecular complexity index is 1170. The quantitative estimate of drug-likeness (QED) is 0.582. The second kappa shape index (κ2) is 9.13.